The molecule has 0 fully saturated rings. The molecule has 0 aliphatic heterocycles. The number of nitrogens with one attached hydrogen (secondary N) is 1. The molecule has 0 atom stereocenters. The van der Waals surface area contributed by atoms with Gasteiger partial charge >= 0.3 is 0 Å². The molecular weight excluding hydrogens is 364 g/mol. The molecule has 1 N–H and O–H groups in total. The van der Waals surface area contributed by atoms with Crippen molar-refractivity contribution in [3.05, 3.63) is 115 Å². The molecule has 0 aliphatic rings. The van der Waals surface area contributed by atoms with E-state index in [0.717, 1.165) is 33.9 Å². The van der Waals surface area contributed by atoms with Gasteiger partial charge in [0.05, 0.1) is 11.4 Å². The van der Waals surface area contributed by atoms with Crippen LogP contribution in [0.5, 0.6) is 0 Å². The Balaban J connectivity index is 1.73. The minimum atomic E-state index is 0.881. The highest BCUT2D eigenvalue weighted by Gasteiger charge is 2.17. The van der Waals surface area contributed by atoms with E-state index >= 15 is 0 Å². The molecule has 5 rings (SSSR count). The summed E-state index contributed by atoms with van der Waals surface area (Å²) in [6, 6.07) is 37.7. The summed E-state index contributed by atoms with van der Waals surface area (Å²) in [5, 5.41) is 0. The number of hydrogen-bond donors (Lipinski definition) is 1. The molecule has 0 radical (unpaired) electrons. The molecule has 4 aromatic carbocycles. The summed E-state index contributed by atoms with van der Waals surface area (Å²) >= 11 is 0. The average molecular weight is 386 g/mol. The fourth-order valence-electron chi connectivity index (χ4n) is 3.92. The fraction of sp³-hybridized carbons (Fsp3) is 0.0357. The van der Waals surface area contributed by atoms with Crippen molar-refractivity contribution >= 4 is 0 Å². The van der Waals surface area contributed by atoms with Gasteiger partial charge in [-0.25, -0.2) is 4.98 Å². The lowest BCUT2D eigenvalue weighted by atomic mass is 9.96. The second kappa shape index (κ2) is 7.84. The topological polar surface area (TPSA) is 28.7 Å². The molecule has 0 aliphatic carbocycles. The van der Waals surface area contributed by atoms with E-state index in [2.05, 4.69) is 109 Å². The van der Waals surface area contributed by atoms with Gasteiger partial charge in [0, 0.05) is 16.7 Å². The first-order chi connectivity index (χ1) is 14.8. The molecule has 5 aromatic rings. The first-order valence-electron chi connectivity index (χ1n) is 10.2. The average Bonchev–Trinajstić information content (AvgIpc) is 3.26. The van der Waals surface area contributed by atoms with Crippen molar-refractivity contribution in [2.24, 2.45) is 0 Å². The van der Waals surface area contributed by atoms with Gasteiger partial charge in [-0.05, 0) is 23.6 Å². The van der Waals surface area contributed by atoms with Crippen LogP contribution in [-0.4, -0.2) is 9.97 Å². The van der Waals surface area contributed by atoms with E-state index in [1.54, 1.807) is 0 Å². The van der Waals surface area contributed by atoms with E-state index in [1.165, 1.54) is 16.7 Å². The highest BCUT2D eigenvalue weighted by Crippen LogP contribution is 2.37. The molecule has 2 nitrogen and oxygen atoms in total. The van der Waals surface area contributed by atoms with Crippen molar-refractivity contribution in [3.8, 4) is 45.0 Å². The summed E-state index contributed by atoms with van der Waals surface area (Å²) in [7, 11) is 0. The van der Waals surface area contributed by atoms with E-state index in [4.69, 9.17) is 4.98 Å². The van der Waals surface area contributed by atoms with Crippen LogP contribution >= 0.6 is 0 Å². The smallest absolute Gasteiger partial charge is 0.139 e. The Morgan fingerprint density at radius 2 is 1.07 bits per heavy atom. The van der Waals surface area contributed by atoms with Crippen molar-refractivity contribution in [3.63, 3.8) is 0 Å². The van der Waals surface area contributed by atoms with Gasteiger partial charge in [0.25, 0.3) is 0 Å². The van der Waals surface area contributed by atoms with Crippen LogP contribution in [0, 0.1) is 6.92 Å². The van der Waals surface area contributed by atoms with Gasteiger partial charge in [0.2, 0.25) is 0 Å². The molecule has 0 amide bonds. The Kier molecular flexibility index (Phi) is 4.74. The highest BCUT2D eigenvalue weighted by atomic mass is 14.9. The molecule has 0 spiro atoms. The lowest BCUT2D eigenvalue weighted by Gasteiger charge is -2.10. The standard InChI is InChI=1S/C28H22N2/c1-20-12-8-9-17-23(20)24-18-10-11-19-25(24)28-29-26(21-13-4-2-5-14-21)27(30-28)22-15-6-3-7-16-22/h2-19H,1H3,(H,29,30). The fourth-order valence-corrected chi connectivity index (χ4v) is 3.92. The van der Waals surface area contributed by atoms with Gasteiger partial charge < -0.3 is 4.98 Å². The van der Waals surface area contributed by atoms with Crippen molar-refractivity contribution in [1.82, 2.24) is 9.97 Å². The van der Waals surface area contributed by atoms with Crippen molar-refractivity contribution < 1.29 is 0 Å². The Hall–Kier alpha value is -3.91. The molecule has 1 aromatic heterocycles. The number of aromatic nitrogens is 2. The maximum atomic E-state index is 5.09. The third kappa shape index (κ3) is 3.33. The third-order valence-electron chi connectivity index (χ3n) is 5.43. The normalized spacial score (nSPS) is 10.8. The number of benzene rings is 4. The molecule has 0 unspecified atom stereocenters. The number of rotatable bonds is 4. The highest BCUT2D eigenvalue weighted by molar-refractivity contribution is 5.86. The minimum absolute atomic E-state index is 0.881. The van der Waals surface area contributed by atoms with Crippen molar-refractivity contribution in [1.29, 1.82) is 0 Å². The van der Waals surface area contributed by atoms with Crippen molar-refractivity contribution in [2.75, 3.05) is 0 Å². The number of aromatic amines is 1. The predicted octanol–water partition coefficient (Wildman–Crippen LogP) is 7.39. The Morgan fingerprint density at radius 3 is 1.73 bits per heavy atom. The quantitative estimate of drug-likeness (QED) is 0.343. The lowest BCUT2D eigenvalue weighted by Crippen LogP contribution is -1.89. The van der Waals surface area contributed by atoms with Gasteiger partial charge in [0.1, 0.15) is 5.82 Å². The molecule has 2 heteroatoms. The maximum absolute atomic E-state index is 5.09. The monoisotopic (exact) mass is 386 g/mol. The summed E-state index contributed by atoms with van der Waals surface area (Å²) < 4.78 is 0. The number of hydrogen-bond acceptors (Lipinski definition) is 1. The second-order valence-corrected chi connectivity index (χ2v) is 7.40. The Morgan fingerprint density at radius 1 is 0.533 bits per heavy atom. The van der Waals surface area contributed by atoms with Gasteiger partial charge in [-0.1, -0.05) is 109 Å². The summed E-state index contributed by atoms with van der Waals surface area (Å²) in [5.74, 6) is 0.881. The summed E-state index contributed by atoms with van der Waals surface area (Å²) in [6.07, 6.45) is 0. The van der Waals surface area contributed by atoms with E-state index in [0.29, 0.717) is 0 Å². The Labute approximate surface area is 176 Å². The van der Waals surface area contributed by atoms with Gasteiger partial charge in [0.15, 0.2) is 0 Å². The molecule has 1 heterocycles. The van der Waals surface area contributed by atoms with Crippen LogP contribution in [0.1, 0.15) is 5.56 Å². The van der Waals surface area contributed by atoms with E-state index in [1.807, 2.05) is 12.1 Å². The Bertz CT molecular complexity index is 1230. The number of imidazole rings is 1. The zero-order valence-electron chi connectivity index (χ0n) is 16.8. The van der Waals surface area contributed by atoms with Gasteiger partial charge in [-0.2, -0.15) is 0 Å². The molecule has 0 saturated carbocycles. The lowest BCUT2D eigenvalue weighted by molar-refractivity contribution is 1.31. The molecule has 144 valence electrons. The first kappa shape index (κ1) is 18.1. The number of H-pyrrole nitrogens is 1. The largest absolute Gasteiger partial charge is 0.337 e. The maximum Gasteiger partial charge on any atom is 0.139 e. The third-order valence-corrected chi connectivity index (χ3v) is 5.43. The van der Waals surface area contributed by atoms with Crippen LogP contribution in [0.25, 0.3) is 45.0 Å². The van der Waals surface area contributed by atoms with Crippen LogP contribution in [-0.2, 0) is 0 Å². The van der Waals surface area contributed by atoms with Crippen LogP contribution in [0.2, 0.25) is 0 Å². The summed E-state index contributed by atoms with van der Waals surface area (Å²) in [5.41, 5.74) is 9.01. The number of nitrogens with zero attached hydrogens (tertiary/aromatic N) is 1. The molecule has 0 bridgehead atoms. The van der Waals surface area contributed by atoms with E-state index < -0.39 is 0 Å². The minimum Gasteiger partial charge on any atom is -0.337 e. The van der Waals surface area contributed by atoms with E-state index in [9.17, 15) is 0 Å². The molecule has 30 heavy (non-hydrogen) atoms. The molecule has 0 saturated heterocycles. The zero-order valence-corrected chi connectivity index (χ0v) is 16.8. The summed E-state index contributed by atoms with van der Waals surface area (Å²) in [4.78, 5) is 8.72. The van der Waals surface area contributed by atoms with Crippen molar-refractivity contribution in [2.45, 2.75) is 6.92 Å². The zero-order chi connectivity index (χ0) is 20.3. The van der Waals surface area contributed by atoms with Crippen LogP contribution in [0.15, 0.2) is 109 Å². The summed E-state index contributed by atoms with van der Waals surface area (Å²) in [6.45, 7) is 2.15. The SMILES string of the molecule is Cc1ccccc1-c1ccccc1-c1nc(-c2ccccc2)c(-c2ccccc2)[nH]1. The van der Waals surface area contributed by atoms with Gasteiger partial charge in [-0.15, -0.1) is 0 Å². The van der Waals surface area contributed by atoms with Crippen LogP contribution in [0.3, 0.4) is 0 Å². The van der Waals surface area contributed by atoms with Gasteiger partial charge in [-0.3, -0.25) is 0 Å². The number of aryl methyl sites for hydroxylation is 1. The predicted molar refractivity (Wildman–Crippen MR) is 125 cm³/mol. The second-order valence-electron chi connectivity index (χ2n) is 7.40. The van der Waals surface area contributed by atoms with E-state index in [-0.39, 0.29) is 0 Å². The van der Waals surface area contributed by atoms with Crippen LogP contribution in [0.4, 0.5) is 0 Å². The van der Waals surface area contributed by atoms with Crippen LogP contribution < -0.4 is 0 Å². The first-order valence-corrected chi connectivity index (χ1v) is 10.2. The molecular formula is C28H22N2.